The summed E-state index contributed by atoms with van der Waals surface area (Å²) >= 11 is 0. The van der Waals surface area contributed by atoms with E-state index in [1.165, 1.54) is 6.92 Å². The number of carboxylic acids is 1. The lowest BCUT2D eigenvalue weighted by atomic mass is 10.1. The monoisotopic (exact) mass is 274 g/mol. The van der Waals surface area contributed by atoms with Crippen molar-refractivity contribution in [1.29, 1.82) is 0 Å². The number of aliphatic carboxylic acids is 1. The summed E-state index contributed by atoms with van der Waals surface area (Å²) in [4.78, 5) is 22.6. The topological polar surface area (TPSA) is 76.7 Å². The van der Waals surface area contributed by atoms with Crippen molar-refractivity contribution >= 4 is 16.9 Å². The van der Waals surface area contributed by atoms with Crippen molar-refractivity contribution in [3.05, 3.63) is 39.7 Å². The molecule has 1 aliphatic rings. The molecule has 1 heterocycles. The van der Waals surface area contributed by atoms with Gasteiger partial charge in [0.1, 0.15) is 11.3 Å². The van der Waals surface area contributed by atoms with Gasteiger partial charge in [0.25, 0.3) is 0 Å². The Balaban J connectivity index is 2.06. The minimum absolute atomic E-state index is 0.298. The zero-order chi connectivity index (χ0) is 14.3. The second-order valence-corrected chi connectivity index (χ2v) is 4.96. The first-order valence-corrected chi connectivity index (χ1v) is 6.54. The summed E-state index contributed by atoms with van der Waals surface area (Å²) in [6.45, 7) is 1.45. The van der Waals surface area contributed by atoms with Crippen molar-refractivity contribution in [3.63, 3.8) is 0 Å². The Morgan fingerprint density at radius 3 is 2.85 bits per heavy atom. The van der Waals surface area contributed by atoms with Crippen LogP contribution in [-0.2, 0) is 17.6 Å². The van der Waals surface area contributed by atoms with Crippen molar-refractivity contribution in [2.45, 2.75) is 32.3 Å². The van der Waals surface area contributed by atoms with E-state index in [-0.39, 0.29) is 5.63 Å². The summed E-state index contributed by atoms with van der Waals surface area (Å²) < 4.78 is 10.6. The number of carboxylic acid groups (broad SMARTS) is 1. The van der Waals surface area contributed by atoms with Gasteiger partial charge in [-0.3, -0.25) is 0 Å². The number of carbonyl (C=O) groups is 1. The highest BCUT2D eigenvalue weighted by Crippen LogP contribution is 2.29. The molecule has 1 atom stereocenters. The fraction of sp³-hybridized carbons (Fsp3) is 0.333. The van der Waals surface area contributed by atoms with Gasteiger partial charge in [0.05, 0.1) is 0 Å². The number of aryl methyl sites for hydroxylation is 1. The Labute approximate surface area is 114 Å². The molecule has 104 valence electrons. The number of hydrogen-bond acceptors (Lipinski definition) is 4. The van der Waals surface area contributed by atoms with Crippen LogP contribution < -0.4 is 10.4 Å². The molecule has 0 aliphatic heterocycles. The van der Waals surface area contributed by atoms with Crippen LogP contribution in [0.4, 0.5) is 0 Å². The maximum Gasteiger partial charge on any atom is 0.344 e. The standard InChI is InChI=1S/C15H14O5/c1-8(14(16)17)19-9-5-6-11-10-3-2-4-12(10)15(18)20-13(11)7-9/h5-8H,2-4H2,1H3,(H,16,17). The third-order valence-corrected chi connectivity index (χ3v) is 3.61. The third-order valence-electron chi connectivity index (χ3n) is 3.61. The zero-order valence-corrected chi connectivity index (χ0v) is 11.0. The molecule has 0 saturated heterocycles. The van der Waals surface area contributed by atoms with Gasteiger partial charge in [0.2, 0.25) is 0 Å². The van der Waals surface area contributed by atoms with Crippen LogP contribution in [0.3, 0.4) is 0 Å². The quantitative estimate of drug-likeness (QED) is 0.868. The number of hydrogen-bond donors (Lipinski definition) is 1. The summed E-state index contributed by atoms with van der Waals surface area (Å²) in [5, 5.41) is 9.74. The Kier molecular flexibility index (Phi) is 2.97. The molecule has 2 aromatic rings. The van der Waals surface area contributed by atoms with Crippen LogP contribution in [0, 0.1) is 0 Å². The number of rotatable bonds is 3. The van der Waals surface area contributed by atoms with Gasteiger partial charge in [0, 0.05) is 17.0 Å². The van der Waals surface area contributed by atoms with Crippen molar-refractivity contribution < 1.29 is 19.1 Å². The Morgan fingerprint density at radius 2 is 2.10 bits per heavy atom. The van der Waals surface area contributed by atoms with Crippen LogP contribution in [0.1, 0.15) is 24.5 Å². The lowest BCUT2D eigenvalue weighted by Gasteiger charge is -2.11. The molecule has 0 spiro atoms. The lowest BCUT2D eigenvalue weighted by Crippen LogP contribution is -2.22. The molecule has 20 heavy (non-hydrogen) atoms. The highest BCUT2D eigenvalue weighted by molar-refractivity contribution is 5.83. The van der Waals surface area contributed by atoms with Crippen LogP contribution in [-0.4, -0.2) is 17.2 Å². The Morgan fingerprint density at radius 1 is 1.35 bits per heavy atom. The van der Waals surface area contributed by atoms with Crippen LogP contribution >= 0.6 is 0 Å². The zero-order valence-electron chi connectivity index (χ0n) is 11.0. The van der Waals surface area contributed by atoms with Gasteiger partial charge < -0.3 is 14.3 Å². The summed E-state index contributed by atoms with van der Waals surface area (Å²) in [6, 6.07) is 5.11. The van der Waals surface area contributed by atoms with Crippen LogP contribution in [0.15, 0.2) is 27.4 Å². The van der Waals surface area contributed by atoms with E-state index < -0.39 is 12.1 Å². The molecule has 0 saturated carbocycles. The van der Waals surface area contributed by atoms with Crippen molar-refractivity contribution in [3.8, 4) is 5.75 Å². The Bertz CT molecular complexity index is 744. The average molecular weight is 274 g/mol. The van der Waals surface area contributed by atoms with E-state index in [0.717, 1.165) is 35.8 Å². The average Bonchev–Trinajstić information content (AvgIpc) is 2.88. The second-order valence-electron chi connectivity index (χ2n) is 4.96. The second kappa shape index (κ2) is 4.67. The van der Waals surface area contributed by atoms with Crippen molar-refractivity contribution in [1.82, 2.24) is 0 Å². The highest BCUT2D eigenvalue weighted by Gasteiger charge is 2.20. The molecule has 1 aromatic heterocycles. The molecule has 0 bridgehead atoms. The van der Waals surface area contributed by atoms with Crippen molar-refractivity contribution in [2.24, 2.45) is 0 Å². The first-order valence-electron chi connectivity index (χ1n) is 6.54. The first kappa shape index (κ1) is 12.7. The molecular weight excluding hydrogens is 260 g/mol. The first-order chi connectivity index (χ1) is 9.56. The maximum absolute atomic E-state index is 11.9. The largest absolute Gasteiger partial charge is 0.479 e. The molecule has 0 radical (unpaired) electrons. The van der Waals surface area contributed by atoms with Gasteiger partial charge in [-0.2, -0.15) is 0 Å². The highest BCUT2D eigenvalue weighted by atomic mass is 16.5. The summed E-state index contributed by atoms with van der Waals surface area (Å²) in [5.74, 6) is -0.658. The Hall–Kier alpha value is -2.30. The van der Waals surface area contributed by atoms with Crippen LogP contribution in [0.5, 0.6) is 5.75 Å². The van der Waals surface area contributed by atoms with E-state index in [1.54, 1.807) is 12.1 Å². The number of ether oxygens (including phenoxy) is 1. The summed E-state index contributed by atoms with van der Waals surface area (Å²) in [6.07, 6.45) is 1.66. The molecule has 1 aromatic carbocycles. The van der Waals surface area contributed by atoms with Crippen LogP contribution in [0.2, 0.25) is 0 Å². The normalized spacial score (nSPS) is 15.1. The minimum Gasteiger partial charge on any atom is -0.479 e. The van der Waals surface area contributed by atoms with Crippen molar-refractivity contribution in [2.75, 3.05) is 0 Å². The number of fused-ring (bicyclic) bond motifs is 3. The molecule has 1 aliphatic carbocycles. The van der Waals surface area contributed by atoms with Gasteiger partial charge >= 0.3 is 11.6 Å². The molecule has 0 fully saturated rings. The van der Waals surface area contributed by atoms with E-state index in [1.807, 2.05) is 6.07 Å². The molecular formula is C15H14O5. The molecule has 1 N–H and O–H groups in total. The van der Waals surface area contributed by atoms with Gasteiger partial charge in [-0.25, -0.2) is 9.59 Å². The van der Waals surface area contributed by atoms with E-state index in [9.17, 15) is 9.59 Å². The molecule has 5 heteroatoms. The van der Waals surface area contributed by atoms with Gasteiger partial charge in [-0.15, -0.1) is 0 Å². The predicted octanol–water partition coefficient (Wildman–Crippen LogP) is 2.13. The minimum atomic E-state index is -1.04. The molecule has 0 amide bonds. The van der Waals surface area contributed by atoms with Gasteiger partial charge in [-0.1, -0.05) is 0 Å². The summed E-state index contributed by atoms with van der Waals surface area (Å²) in [7, 11) is 0. The smallest absolute Gasteiger partial charge is 0.344 e. The molecule has 1 unspecified atom stereocenters. The van der Waals surface area contributed by atoms with Gasteiger partial charge in [0.15, 0.2) is 6.10 Å². The van der Waals surface area contributed by atoms with E-state index in [4.69, 9.17) is 14.3 Å². The fourth-order valence-corrected chi connectivity index (χ4v) is 2.59. The molecule has 3 rings (SSSR count). The predicted molar refractivity (Wildman–Crippen MR) is 72.2 cm³/mol. The fourth-order valence-electron chi connectivity index (χ4n) is 2.59. The maximum atomic E-state index is 11.9. The molecule has 5 nitrogen and oxygen atoms in total. The SMILES string of the molecule is CC(Oc1ccc2c3c(c(=O)oc2c1)CCC3)C(=O)O. The third kappa shape index (κ3) is 2.05. The van der Waals surface area contributed by atoms with Gasteiger partial charge in [-0.05, 0) is 43.9 Å². The van der Waals surface area contributed by atoms with Crippen LogP contribution in [0.25, 0.3) is 11.0 Å². The van der Waals surface area contributed by atoms with E-state index in [0.29, 0.717) is 11.3 Å². The lowest BCUT2D eigenvalue weighted by molar-refractivity contribution is -0.144. The summed E-state index contributed by atoms with van der Waals surface area (Å²) in [5.41, 5.74) is 1.97. The van der Waals surface area contributed by atoms with E-state index >= 15 is 0 Å². The van der Waals surface area contributed by atoms with E-state index in [2.05, 4.69) is 0 Å². The number of benzene rings is 1.